The standard InChI is InChI=1S/C18H21NO5/c1-19-9-18(20)17(4-3-12(21-2)6-16(17)19)13-7-15-14(22-10-23-15)5-11(13)8-24-18/h3-5,7,12,16,20H,6,8-10H2,1-2H3/t12-,16-,17-,18+/m0/s1. The molecule has 1 N–H and O–H groups in total. The lowest BCUT2D eigenvalue weighted by molar-refractivity contribution is -0.236. The molecule has 4 atom stereocenters. The summed E-state index contributed by atoms with van der Waals surface area (Å²) in [5.74, 6) is 0.238. The number of nitrogens with zero attached hydrogens (tertiary/aromatic N) is 1. The van der Waals surface area contributed by atoms with Crippen LogP contribution in [0.15, 0.2) is 24.3 Å². The maximum atomic E-state index is 11.4. The van der Waals surface area contributed by atoms with E-state index in [1.54, 1.807) is 7.11 Å². The fraction of sp³-hybridized carbons (Fsp3) is 0.556. The van der Waals surface area contributed by atoms with Crippen LogP contribution in [-0.4, -0.2) is 55.4 Å². The minimum atomic E-state index is -1.25. The van der Waals surface area contributed by atoms with E-state index in [1.165, 1.54) is 0 Å². The normalized spacial score (nSPS) is 39.5. The molecule has 0 aromatic heterocycles. The monoisotopic (exact) mass is 331 g/mol. The lowest BCUT2D eigenvalue weighted by Gasteiger charge is -2.49. The zero-order valence-electron chi connectivity index (χ0n) is 13.8. The number of likely N-dealkylation sites (tertiary alicyclic amines) is 1. The summed E-state index contributed by atoms with van der Waals surface area (Å²) in [5.41, 5.74) is 1.50. The summed E-state index contributed by atoms with van der Waals surface area (Å²) in [4.78, 5) is 2.18. The van der Waals surface area contributed by atoms with Crippen molar-refractivity contribution < 1.29 is 24.1 Å². The molecule has 4 aliphatic rings. The van der Waals surface area contributed by atoms with Crippen molar-refractivity contribution in [3.63, 3.8) is 0 Å². The highest BCUT2D eigenvalue weighted by molar-refractivity contribution is 5.56. The van der Waals surface area contributed by atoms with Gasteiger partial charge in [-0.25, -0.2) is 0 Å². The second-order valence-electron chi connectivity index (χ2n) is 7.10. The zero-order valence-corrected chi connectivity index (χ0v) is 13.8. The molecule has 1 spiro atoms. The predicted molar refractivity (Wildman–Crippen MR) is 85.0 cm³/mol. The summed E-state index contributed by atoms with van der Waals surface area (Å²) >= 11 is 0. The maximum Gasteiger partial charge on any atom is 0.231 e. The summed E-state index contributed by atoms with van der Waals surface area (Å²) < 4.78 is 22.6. The Balaban J connectivity index is 1.74. The maximum absolute atomic E-state index is 11.4. The van der Waals surface area contributed by atoms with Crippen molar-refractivity contribution in [3.8, 4) is 11.5 Å². The van der Waals surface area contributed by atoms with Crippen LogP contribution in [0.4, 0.5) is 0 Å². The highest BCUT2D eigenvalue weighted by Crippen LogP contribution is 2.56. The third kappa shape index (κ3) is 1.64. The molecule has 3 heterocycles. The van der Waals surface area contributed by atoms with E-state index in [2.05, 4.69) is 11.0 Å². The summed E-state index contributed by atoms with van der Waals surface area (Å²) in [6.07, 6.45) is 4.98. The van der Waals surface area contributed by atoms with Crippen LogP contribution >= 0.6 is 0 Å². The van der Waals surface area contributed by atoms with Crippen molar-refractivity contribution in [1.82, 2.24) is 4.90 Å². The summed E-state index contributed by atoms with van der Waals surface area (Å²) in [6.45, 7) is 1.07. The third-order valence-electron chi connectivity index (χ3n) is 6.01. The van der Waals surface area contributed by atoms with Gasteiger partial charge in [-0.3, -0.25) is 4.90 Å². The van der Waals surface area contributed by atoms with Gasteiger partial charge in [0.05, 0.1) is 24.7 Å². The van der Waals surface area contributed by atoms with Gasteiger partial charge >= 0.3 is 0 Å². The molecule has 6 nitrogen and oxygen atoms in total. The van der Waals surface area contributed by atoms with Gasteiger partial charge in [0.1, 0.15) is 0 Å². The first kappa shape index (κ1) is 14.7. The Morgan fingerprint density at radius 2 is 2.08 bits per heavy atom. The summed E-state index contributed by atoms with van der Waals surface area (Å²) in [5, 5.41) is 11.4. The Morgan fingerprint density at radius 3 is 2.88 bits per heavy atom. The Hall–Kier alpha value is -1.60. The van der Waals surface area contributed by atoms with Crippen LogP contribution in [0.1, 0.15) is 17.5 Å². The minimum Gasteiger partial charge on any atom is -0.454 e. The highest BCUT2D eigenvalue weighted by atomic mass is 16.7. The average Bonchev–Trinajstić information content (AvgIpc) is 3.13. The molecule has 1 saturated heterocycles. The first-order chi connectivity index (χ1) is 11.6. The van der Waals surface area contributed by atoms with Gasteiger partial charge in [-0.05, 0) is 36.7 Å². The fourth-order valence-corrected chi connectivity index (χ4v) is 4.86. The molecule has 128 valence electrons. The zero-order chi connectivity index (χ0) is 16.5. The third-order valence-corrected chi connectivity index (χ3v) is 6.01. The van der Waals surface area contributed by atoms with Gasteiger partial charge < -0.3 is 24.1 Å². The number of hydrogen-bond donors (Lipinski definition) is 1. The number of hydrogen-bond acceptors (Lipinski definition) is 6. The van der Waals surface area contributed by atoms with Crippen molar-refractivity contribution in [3.05, 3.63) is 35.4 Å². The number of β-amino-alcohol motifs (C(OH)–C–C–N with tert-alkyl or cyclic N) is 1. The molecule has 6 heteroatoms. The first-order valence-corrected chi connectivity index (χ1v) is 8.29. The number of methoxy groups -OCH3 is 1. The van der Waals surface area contributed by atoms with Gasteiger partial charge in [0.15, 0.2) is 17.3 Å². The van der Waals surface area contributed by atoms with Gasteiger partial charge in [-0.2, -0.15) is 0 Å². The molecule has 1 aromatic carbocycles. The van der Waals surface area contributed by atoms with Crippen molar-refractivity contribution in [2.75, 3.05) is 27.5 Å². The number of benzene rings is 1. The molecule has 0 bridgehead atoms. The van der Waals surface area contributed by atoms with E-state index in [1.807, 2.05) is 25.3 Å². The second kappa shape index (κ2) is 4.73. The Kier molecular flexibility index (Phi) is 2.90. The molecule has 0 radical (unpaired) electrons. The van der Waals surface area contributed by atoms with E-state index in [9.17, 15) is 5.11 Å². The van der Waals surface area contributed by atoms with E-state index in [0.717, 1.165) is 29.0 Å². The number of ether oxygens (including phenoxy) is 4. The van der Waals surface area contributed by atoms with Crippen LogP contribution in [0.25, 0.3) is 0 Å². The lowest BCUT2D eigenvalue weighted by Crippen LogP contribution is -2.59. The van der Waals surface area contributed by atoms with E-state index in [0.29, 0.717) is 13.2 Å². The fourth-order valence-electron chi connectivity index (χ4n) is 4.86. The number of aliphatic hydroxyl groups is 1. The molecule has 5 rings (SSSR count). The van der Waals surface area contributed by atoms with Crippen LogP contribution in [0.3, 0.4) is 0 Å². The quantitative estimate of drug-likeness (QED) is 0.780. The average molecular weight is 331 g/mol. The van der Waals surface area contributed by atoms with Gasteiger partial charge in [0, 0.05) is 13.2 Å². The lowest BCUT2D eigenvalue weighted by atomic mass is 9.64. The van der Waals surface area contributed by atoms with Crippen molar-refractivity contribution in [2.45, 2.75) is 36.4 Å². The van der Waals surface area contributed by atoms with Crippen molar-refractivity contribution in [1.29, 1.82) is 0 Å². The SMILES string of the molecule is CO[C@H]1C=C[C@@]23c4cc5c(cc4CO[C@]2(O)CN(C)[C@H]3C1)OCO5. The largest absolute Gasteiger partial charge is 0.454 e. The topological polar surface area (TPSA) is 60.4 Å². The summed E-state index contributed by atoms with van der Waals surface area (Å²) in [6, 6.07) is 4.10. The summed E-state index contributed by atoms with van der Waals surface area (Å²) in [7, 11) is 3.75. The molecule has 24 heavy (non-hydrogen) atoms. The predicted octanol–water partition coefficient (Wildman–Crippen LogP) is 1.16. The van der Waals surface area contributed by atoms with Crippen LogP contribution in [-0.2, 0) is 21.5 Å². The molecular formula is C18H21NO5. The van der Waals surface area contributed by atoms with Crippen LogP contribution in [0.2, 0.25) is 0 Å². The van der Waals surface area contributed by atoms with Gasteiger partial charge in [-0.1, -0.05) is 12.2 Å². The van der Waals surface area contributed by atoms with Crippen LogP contribution in [0, 0.1) is 0 Å². The van der Waals surface area contributed by atoms with Crippen molar-refractivity contribution in [2.24, 2.45) is 0 Å². The smallest absolute Gasteiger partial charge is 0.231 e. The highest BCUT2D eigenvalue weighted by Gasteiger charge is 2.66. The number of likely N-dealkylation sites (N-methyl/N-ethyl adjacent to an activating group) is 1. The van der Waals surface area contributed by atoms with Gasteiger partial charge in [0.25, 0.3) is 0 Å². The molecule has 1 fully saturated rings. The molecule has 0 unspecified atom stereocenters. The number of rotatable bonds is 1. The molecule has 3 aliphatic heterocycles. The van der Waals surface area contributed by atoms with Crippen molar-refractivity contribution >= 4 is 0 Å². The Bertz CT molecular complexity index is 734. The van der Waals surface area contributed by atoms with E-state index in [4.69, 9.17) is 18.9 Å². The second-order valence-corrected chi connectivity index (χ2v) is 7.10. The minimum absolute atomic E-state index is 0.0461. The molecule has 0 saturated carbocycles. The molecular weight excluding hydrogens is 310 g/mol. The molecule has 0 amide bonds. The first-order valence-electron chi connectivity index (χ1n) is 8.29. The number of fused-ring (bicyclic) bond motifs is 2. The van der Waals surface area contributed by atoms with Crippen LogP contribution < -0.4 is 9.47 Å². The van der Waals surface area contributed by atoms with E-state index in [-0.39, 0.29) is 18.9 Å². The van der Waals surface area contributed by atoms with Gasteiger partial charge in [-0.15, -0.1) is 0 Å². The van der Waals surface area contributed by atoms with Gasteiger partial charge in [0.2, 0.25) is 6.79 Å². The van der Waals surface area contributed by atoms with E-state index < -0.39 is 11.2 Å². The van der Waals surface area contributed by atoms with E-state index >= 15 is 0 Å². The molecule has 1 aromatic rings. The molecule has 1 aliphatic carbocycles. The van der Waals surface area contributed by atoms with Crippen LogP contribution in [0.5, 0.6) is 11.5 Å². The Morgan fingerprint density at radius 1 is 1.29 bits per heavy atom. The Labute approximate surface area is 140 Å².